The molecular formula is C24H21N3O6. The predicted octanol–water partition coefficient (Wildman–Crippen LogP) is 3.88. The summed E-state index contributed by atoms with van der Waals surface area (Å²) in [4.78, 5) is 39.9. The lowest BCUT2D eigenvalue weighted by molar-refractivity contribution is -0.384. The van der Waals surface area contributed by atoms with Crippen LogP contribution in [0.2, 0.25) is 0 Å². The lowest BCUT2D eigenvalue weighted by Gasteiger charge is -2.25. The van der Waals surface area contributed by atoms with E-state index in [0.29, 0.717) is 11.3 Å². The first-order valence-electron chi connectivity index (χ1n) is 10.1. The number of furan rings is 1. The standard InChI is InChI=1S/C24H21N3O6/c1-25(2)17-10-8-15(9-11-17)21-20(22(28)16-5-3-6-18(13-16)27(31)32)23(29)24(30)26(21)14-19-7-4-12-33-19/h3-13,21,28H,14H2,1-2H3/b22-20-. The maximum absolute atomic E-state index is 13.1. The molecule has 168 valence electrons. The second-order valence-corrected chi connectivity index (χ2v) is 7.80. The number of anilines is 1. The summed E-state index contributed by atoms with van der Waals surface area (Å²) in [7, 11) is 3.78. The zero-order valence-electron chi connectivity index (χ0n) is 18.0. The van der Waals surface area contributed by atoms with Gasteiger partial charge in [0.05, 0.1) is 29.3 Å². The lowest BCUT2D eigenvalue weighted by Crippen LogP contribution is -2.29. The highest BCUT2D eigenvalue weighted by atomic mass is 16.6. The molecule has 0 radical (unpaired) electrons. The summed E-state index contributed by atoms with van der Waals surface area (Å²) in [5.41, 5.74) is 1.23. The summed E-state index contributed by atoms with van der Waals surface area (Å²) in [6.07, 6.45) is 1.47. The van der Waals surface area contributed by atoms with E-state index in [4.69, 9.17) is 4.42 Å². The predicted molar refractivity (Wildman–Crippen MR) is 120 cm³/mol. The van der Waals surface area contributed by atoms with Crippen LogP contribution in [0.3, 0.4) is 0 Å². The zero-order chi connectivity index (χ0) is 23.7. The smallest absolute Gasteiger partial charge is 0.296 e. The first-order valence-corrected chi connectivity index (χ1v) is 10.1. The molecule has 2 aromatic carbocycles. The minimum Gasteiger partial charge on any atom is -0.507 e. The summed E-state index contributed by atoms with van der Waals surface area (Å²) >= 11 is 0. The summed E-state index contributed by atoms with van der Waals surface area (Å²) < 4.78 is 5.37. The molecule has 1 amide bonds. The number of likely N-dealkylation sites (tertiary alicyclic amines) is 1. The molecule has 1 aromatic heterocycles. The van der Waals surface area contributed by atoms with Crippen molar-refractivity contribution in [3.05, 3.63) is 99.5 Å². The number of nitrogens with zero attached hydrogens (tertiary/aromatic N) is 3. The van der Waals surface area contributed by atoms with E-state index in [2.05, 4.69) is 0 Å². The van der Waals surface area contributed by atoms with Crippen LogP contribution in [0.4, 0.5) is 11.4 Å². The molecule has 4 rings (SSSR count). The van der Waals surface area contributed by atoms with E-state index in [-0.39, 0.29) is 23.4 Å². The summed E-state index contributed by atoms with van der Waals surface area (Å²) in [5.74, 6) is -1.66. The van der Waals surface area contributed by atoms with Crippen LogP contribution in [0.1, 0.15) is 22.9 Å². The first kappa shape index (κ1) is 21.8. The van der Waals surface area contributed by atoms with Gasteiger partial charge in [0.25, 0.3) is 17.4 Å². The topological polar surface area (TPSA) is 117 Å². The number of hydrogen-bond acceptors (Lipinski definition) is 7. The number of amides is 1. The molecule has 0 spiro atoms. The molecule has 2 heterocycles. The molecule has 1 aliphatic rings. The highest BCUT2D eigenvalue weighted by molar-refractivity contribution is 6.46. The van der Waals surface area contributed by atoms with Crippen molar-refractivity contribution < 1.29 is 24.0 Å². The maximum atomic E-state index is 13.1. The van der Waals surface area contributed by atoms with E-state index in [0.717, 1.165) is 5.69 Å². The molecule has 9 heteroatoms. The monoisotopic (exact) mass is 447 g/mol. The summed E-state index contributed by atoms with van der Waals surface area (Å²) in [6.45, 7) is 0.0173. The Hall–Kier alpha value is -4.40. The summed E-state index contributed by atoms with van der Waals surface area (Å²) in [5, 5.41) is 22.2. The van der Waals surface area contributed by atoms with Gasteiger partial charge in [-0.25, -0.2) is 0 Å². The van der Waals surface area contributed by atoms with Crippen molar-refractivity contribution in [3.63, 3.8) is 0 Å². The zero-order valence-corrected chi connectivity index (χ0v) is 18.0. The van der Waals surface area contributed by atoms with Crippen molar-refractivity contribution in [2.45, 2.75) is 12.6 Å². The minimum atomic E-state index is -0.898. The Labute approximate surface area is 189 Å². The van der Waals surface area contributed by atoms with Gasteiger partial charge in [-0.3, -0.25) is 19.7 Å². The van der Waals surface area contributed by atoms with Crippen LogP contribution in [0, 0.1) is 10.1 Å². The van der Waals surface area contributed by atoms with Gasteiger partial charge in [0.2, 0.25) is 0 Å². The van der Waals surface area contributed by atoms with E-state index in [1.54, 1.807) is 24.3 Å². The van der Waals surface area contributed by atoms with E-state index in [1.165, 1.54) is 35.4 Å². The number of aliphatic hydroxyl groups is 1. The molecule has 0 saturated carbocycles. The van der Waals surface area contributed by atoms with E-state index in [1.807, 2.05) is 31.1 Å². The van der Waals surface area contributed by atoms with Crippen LogP contribution in [0.25, 0.3) is 5.76 Å². The average Bonchev–Trinajstić information content (AvgIpc) is 3.41. The number of benzene rings is 2. The highest BCUT2D eigenvalue weighted by Crippen LogP contribution is 2.41. The number of rotatable bonds is 6. The van der Waals surface area contributed by atoms with Gasteiger partial charge >= 0.3 is 0 Å². The quantitative estimate of drug-likeness (QED) is 0.200. The third-order valence-corrected chi connectivity index (χ3v) is 5.50. The molecule has 3 aromatic rings. The van der Waals surface area contributed by atoms with Crippen molar-refractivity contribution in [3.8, 4) is 0 Å². The van der Waals surface area contributed by atoms with Crippen LogP contribution >= 0.6 is 0 Å². The molecule has 1 saturated heterocycles. The Morgan fingerprint density at radius 1 is 1.12 bits per heavy atom. The Kier molecular flexibility index (Phi) is 5.70. The maximum Gasteiger partial charge on any atom is 0.296 e. The van der Waals surface area contributed by atoms with Gasteiger partial charge in [-0.1, -0.05) is 24.3 Å². The number of non-ortho nitro benzene ring substituents is 1. The normalized spacial score (nSPS) is 17.4. The lowest BCUT2D eigenvalue weighted by atomic mass is 9.95. The Bertz CT molecular complexity index is 1250. The van der Waals surface area contributed by atoms with Crippen LogP contribution in [0.5, 0.6) is 0 Å². The molecule has 1 unspecified atom stereocenters. The number of Topliss-reactive ketones (excluding diaryl/α,β-unsaturated/α-hetero) is 1. The van der Waals surface area contributed by atoms with Gasteiger partial charge in [-0.15, -0.1) is 0 Å². The number of carbonyl (C=O) groups is 2. The van der Waals surface area contributed by atoms with Crippen molar-refractivity contribution in [2.24, 2.45) is 0 Å². The van der Waals surface area contributed by atoms with Crippen molar-refractivity contribution >= 4 is 28.8 Å². The molecular weight excluding hydrogens is 426 g/mol. The average molecular weight is 447 g/mol. The molecule has 0 aliphatic carbocycles. The minimum absolute atomic E-state index is 0.0173. The molecule has 33 heavy (non-hydrogen) atoms. The number of ketones is 1. The van der Waals surface area contributed by atoms with Crippen LogP contribution in [-0.4, -0.2) is 40.7 Å². The van der Waals surface area contributed by atoms with Gasteiger partial charge in [-0.05, 0) is 29.8 Å². The van der Waals surface area contributed by atoms with Crippen LogP contribution in [-0.2, 0) is 16.1 Å². The molecule has 1 fully saturated rings. The molecule has 9 nitrogen and oxygen atoms in total. The van der Waals surface area contributed by atoms with Gasteiger partial charge < -0.3 is 19.3 Å². The first-order chi connectivity index (χ1) is 15.8. The number of nitro benzene ring substituents is 1. The SMILES string of the molecule is CN(C)c1ccc(C2/C(=C(/O)c3cccc([N+](=O)[O-])c3)C(=O)C(=O)N2Cc2ccco2)cc1. The third-order valence-electron chi connectivity index (χ3n) is 5.50. The molecule has 1 N–H and O–H groups in total. The Morgan fingerprint density at radius 2 is 1.85 bits per heavy atom. The van der Waals surface area contributed by atoms with E-state index in [9.17, 15) is 24.8 Å². The van der Waals surface area contributed by atoms with Crippen LogP contribution in [0.15, 0.2) is 76.9 Å². The molecule has 1 aliphatic heterocycles. The summed E-state index contributed by atoms with van der Waals surface area (Å²) in [6, 6.07) is 15.0. The third kappa shape index (κ3) is 4.08. The fourth-order valence-electron chi connectivity index (χ4n) is 3.84. The number of carbonyl (C=O) groups excluding carboxylic acids is 2. The Balaban J connectivity index is 1.86. The van der Waals surface area contributed by atoms with Gasteiger partial charge in [-0.2, -0.15) is 0 Å². The van der Waals surface area contributed by atoms with Gasteiger partial charge in [0, 0.05) is 37.5 Å². The van der Waals surface area contributed by atoms with Crippen molar-refractivity contribution in [1.29, 1.82) is 0 Å². The Morgan fingerprint density at radius 3 is 2.45 bits per heavy atom. The fraction of sp³-hybridized carbons (Fsp3) is 0.167. The van der Waals surface area contributed by atoms with Crippen molar-refractivity contribution in [2.75, 3.05) is 19.0 Å². The van der Waals surface area contributed by atoms with E-state index >= 15 is 0 Å². The highest BCUT2D eigenvalue weighted by Gasteiger charge is 2.46. The molecule has 1 atom stereocenters. The second kappa shape index (κ2) is 8.62. The van der Waals surface area contributed by atoms with Crippen molar-refractivity contribution in [1.82, 2.24) is 4.90 Å². The number of aliphatic hydroxyl groups excluding tert-OH is 1. The fourth-order valence-corrected chi connectivity index (χ4v) is 3.84. The van der Waals surface area contributed by atoms with E-state index < -0.39 is 28.4 Å². The van der Waals surface area contributed by atoms with Crippen LogP contribution < -0.4 is 4.90 Å². The van der Waals surface area contributed by atoms with Gasteiger partial charge in [0.1, 0.15) is 11.5 Å². The largest absolute Gasteiger partial charge is 0.507 e. The number of hydrogen-bond donors (Lipinski definition) is 1. The van der Waals surface area contributed by atoms with Gasteiger partial charge in [0.15, 0.2) is 0 Å². The second-order valence-electron chi connectivity index (χ2n) is 7.80. The number of nitro groups is 1. The molecule has 0 bridgehead atoms.